The molecule has 0 fully saturated rings. The van der Waals surface area contributed by atoms with E-state index in [1.807, 2.05) is 37.3 Å². The molecule has 1 atom stereocenters. The van der Waals surface area contributed by atoms with Gasteiger partial charge in [-0.15, -0.1) is 5.10 Å². The lowest BCUT2D eigenvalue weighted by molar-refractivity contribution is 0.224. The standard InChI is InChI=1S/C15H14N2OS/c1-2-13-15(19-17-16-13)14(18)12-9-5-7-10-6-3-4-8-11(10)12/h3-9,14,18H,2H2,1H3. The van der Waals surface area contributed by atoms with Crippen LogP contribution in [0.4, 0.5) is 0 Å². The van der Waals surface area contributed by atoms with Gasteiger partial charge in [-0.1, -0.05) is 53.9 Å². The van der Waals surface area contributed by atoms with Crippen LogP contribution in [0.25, 0.3) is 10.8 Å². The van der Waals surface area contributed by atoms with Crippen molar-refractivity contribution in [2.45, 2.75) is 19.4 Å². The SMILES string of the molecule is CCc1nnsc1C(O)c1cccc2ccccc12. The third-order valence-electron chi connectivity index (χ3n) is 3.29. The normalized spacial score (nSPS) is 12.7. The Bertz CT molecular complexity index is 703. The molecule has 0 spiro atoms. The summed E-state index contributed by atoms with van der Waals surface area (Å²) in [6.45, 7) is 2.02. The van der Waals surface area contributed by atoms with E-state index >= 15 is 0 Å². The minimum absolute atomic E-state index is 0.652. The molecule has 0 bridgehead atoms. The van der Waals surface area contributed by atoms with Gasteiger partial charge >= 0.3 is 0 Å². The second-order valence-corrected chi connectivity index (χ2v) is 5.19. The highest BCUT2D eigenvalue weighted by atomic mass is 32.1. The van der Waals surface area contributed by atoms with Crippen molar-refractivity contribution >= 4 is 22.3 Å². The number of fused-ring (bicyclic) bond motifs is 1. The highest BCUT2D eigenvalue weighted by Gasteiger charge is 2.19. The molecule has 0 saturated carbocycles. The Kier molecular flexibility index (Phi) is 3.27. The molecule has 0 radical (unpaired) electrons. The van der Waals surface area contributed by atoms with Crippen molar-refractivity contribution in [2.75, 3.05) is 0 Å². The summed E-state index contributed by atoms with van der Waals surface area (Å²) >= 11 is 1.27. The first-order chi connectivity index (χ1) is 9.31. The van der Waals surface area contributed by atoms with Gasteiger partial charge in [-0.25, -0.2) is 0 Å². The van der Waals surface area contributed by atoms with Crippen molar-refractivity contribution in [3.63, 3.8) is 0 Å². The quantitative estimate of drug-likeness (QED) is 0.794. The van der Waals surface area contributed by atoms with E-state index in [2.05, 4.69) is 21.7 Å². The van der Waals surface area contributed by atoms with Crippen LogP contribution in [0.15, 0.2) is 42.5 Å². The lowest BCUT2D eigenvalue weighted by Crippen LogP contribution is -2.01. The average molecular weight is 270 g/mol. The number of aliphatic hydroxyl groups excluding tert-OH is 1. The molecule has 3 rings (SSSR count). The van der Waals surface area contributed by atoms with Crippen LogP contribution in [-0.4, -0.2) is 14.7 Å². The van der Waals surface area contributed by atoms with Gasteiger partial charge in [0.15, 0.2) is 0 Å². The van der Waals surface area contributed by atoms with E-state index in [0.29, 0.717) is 0 Å². The van der Waals surface area contributed by atoms with Crippen LogP contribution in [0.2, 0.25) is 0 Å². The summed E-state index contributed by atoms with van der Waals surface area (Å²) < 4.78 is 3.95. The summed E-state index contributed by atoms with van der Waals surface area (Å²) in [5.74, 6) is 0. The van der Waals surface area contributed by atoms with Gasteiger partial charge in [0.1, 0.15) is 6.10 Å². The van der Waals surface area contributed by atoms with E-state index in [1.165, 1.54) is 11.5 Å². The van der Waals surface area contributed by atoms with Gasteiger partial charge in [0.05, 0.1) is 10.6 Å². The highest BCUT2D eigenvalue weighted by Crippen LogP contribution is 2.31. The Morgan fingerprint density at radius 1 is 1.16 bits per heavy atom. The first-order valence-corrected chi connectivity index (χ1v) is 7.05. The summed E-state index contributed by atoms with van der Waals surface area (Å²) in [5, 5.41) is 16.9. The molecule has 1 aromatic heterocycles. The zero-order valence-electron chi connectivity index (χ0n) is 10.6. The van der Waals surface area contributed by atoms with Crippen molar-refractivity contribution < 1.29 is 5.11 Å². The summed E-state index contributed by atoms with van der Waals surface area (Å²) in [4.78, 5) is 0.846. The summed E-state index contributed by atoms with van der Waals surface area (Å²) in [6.07, 6.45) is 0.134. The van der Waals surface area contributed by atoms with Crippen LogP contribution in [0.1, 0.15) is 29.2 Å². The maximum atomic E-state index is 10.6. The fourth-order valence-electron chi connectivity index (χ4n) is 2.30. The predicted octanol–water partition coefficient (Wildman–Crippen LogP) is 3.34. The first-order valence-electron chi connectivity index (χ1n) is 6.28. The van der Waals surface area contributed by atoms with Crippen LogP contribution in [-0.2, 0) is 6.42 Å². The second kappa shape index (κ2) is 5.07. The summed E-state index contributed by atoms with van der Waals surface area (Å²) in [5.41, 5.74) is 1.80. The summed E-state index contributed by atoms with van der Waals surface area (Å²) in [6, 6.07) is 14.1. The fraction of sp³-hybridized carbons (Fsp3) is 0.200. The van der Waals surface area contributed by atoms with Crippen molar-refractivity contribution in [2.24, 2.45) is 0 Å². The van der Waals surface area contributed by atoms with Crippen LogP contribution < -0.4 is 0 Å². The minimum Gasteiger partial charge on any atom is -0.383 e. The van der Waals surface area contributed by atoms with Gasteiger partial charge < -0.3 is 5.11 Å². The predicted molar refractivity (Wildman–Crippen MR) is 77.3 cm³/mol. The zero-order valence-corrected chi connectivity index (χ0v) is 11.4. The molecular formula is C15H14N2OS. The lowest BCUT2D eigenvalue weighted by Gasteiger charge is -2.12. The Hall–Kier alpha value is -1.78. The molecule has 4 heteroatoms. The van der Waals surface area contributed by atoms with Gasteiger partial charge in [-0.05, 0) is 34.3 Å². The van der Waals surface area contributed by atoms with Crippen molar-refractivity contribution in [1.82, 2.24) is 9.59 Å². The van der Waals surface area contributed by atoms with Gasteiger partial charge in [-0.3, -0.25) is 0 Å². The Morgan fingerprint density at radius 2 is 1.95 bits per heavy atom. The Balaban J connectivity index is 2.14. The maximum Gasteiger partial charge on any atom is 0.117 e. The highest BCUT2D eigenvalue weighted by molar-refractivity contribution is 7.05. The number of nitrogens with zero attached hydrogens (tertiary/aromatic N) is 2. The molecule has 1 N–H and O–H groups in total. The minimum atomic E-state index is -0.652. The number of rotatable bonds is 3. The molecule has 0 amide bonds. The molecule has 0 aliphatic carbocycles. The third kappa shape index (κ3) is 2.13. The topological polar surface area (TPSA) is 46.0 Å². The number of aromatic nitrogens is 2. The smallest absolute Gasteiger partial charge is 0.117 e. The number of hydrogen-bond donors (Lipinski definition) is 1. The molecule has 1 unspecified atom stereocenters. The van der Waals surface area contributed by atoms with Crippen molar-refractivity contribution in [3.05, 3.63) is 58.6 Å². The monoisotopic (exact) mass is 270 g/mol. The molecule has 96 valence electrons. The van der Waals surface area contributed by atoms with E-state index in [9.17, 15) is 5.11 Å². The van der Waals surface area contributed by atoms with E-state index in [-0.39, 0.29) is 0 Å². The Labute approximate surface area is 115 Å². The molecular weight excluding hydrogens is 256 g/mol. The molecule has 3 aromatic rings. The van der Waals surface area contributed by atoms with Crippen LogP contribution in [0, 0.1) is 0 Å². The fourth-order valence-corrected chi connectivity index (χ4v) is 3.04. The van der Waals surface area contributed by atoms with E-state index in [1.54, 1.807) is 0 Å². The van der Waals surface area contributed by atoms with Crippen molar-refractivity contribution in [1.29, 1.82) is 0 Å². The molecule has 0 aliphatic heterocycles. The first kappa shape index (κ1) is 12.3. The van der Waals surface area contributed by atoms with Crippen LogP contribution >= 0.6 is 11.5 Å². The number of aryl methyl sites for hydroxylation is 1. The van der Waals surface area contributed by atoms with Gasteiger partial charge in [0.25, 0.3) is 0 Å². The maximum absolute atomic E-state index is 10.6. The van der Waals surface area contributed by atoms with Gasteiger partial charge in [-0.2, -0.15) is 0 Å². The molecule has 1 heterocycles. The number of benzene rings is 2. The summed E-state index contributed by atoms with van der Waals surface area (Å²) in [7, 11) is 0. The molecule has 0 aliphatic rings. The molecule has 2 aromatic carbocycles. The lowest BCUT2D eigenvalue weighted by atomic mass is 9.99. The van der Waals surface area contributed by atoms with Gasteiger partial charge in [0.2, 0.25) is 0 Å². The molecule has 19 heavy (non-hydrogen) atoms. The van der Waals surface area contributed by atoms with E-state index in [4.69, 9.17) is 0 Å². The Morgan fingerprint density at radius 3 is 2.79 bits per heavy atom. The molecule has 0 saturated heterocycles. The van der Waals surface area contributed by atoms with E-state index in [0.717, 1.165) is 33.3 Å². The van der Waals surface area contributed by atoms with Gasteiger partial charge in [0, 0.05) is 0 Å². The average Bonchev–Trinajstić information content (AvgIpc) is 2.94. The molecule has 3 nitrogen and oxygen atoms in total. The largest absolute Gasteiger partial charge is 0.383 e. The van der Waals surface area contributed by atoms with E-state index < -0.39 is 6.10 Å². The van der Waals surface area contributed by atoms with Crippen LogP contribution in [0.5, 0.6) is 0 Å². The number of aliphatic hydroxyl groups is 1. The van der Waals surface area contributed by atoms with Crippen LogP contribution in [0.3, 0.4) is 0 Å². The van der Waals surface area contributed by atoms with Crippen molar-refractivity contribution in [3.8, 4) is 0 Å². The second-order valence-electron chi connectivity index (χ2n) is 4.41. The zero-order chi connectivity index (χ0) is 13.2. The third-order valence-corrected chi connectivity index (χ3v) is 4.11. The number of hydrogen-bond acceptors (Lipinski definition) is 4.